The summed E-state index contributed by atoms with van der Waals surface area (Å²) in [6.45, 7) is 5.57. The van der Waals surface area contributed by atoms with Crippen LogP contribution >= 0.6 is 0 Å². The van der Waals surface area contributed by atoms with Gasteiger partial charge in [-0.15, -0.1) is 5.10 Å². The number of hydrogen-bond donors (Lipinski definition) is 1. The number of hydrogen-bond acceptors (Lipinski definition) is 7. The number of aromatic nitrogens is 3. The van der Waals surface area contributed by atoms with E-state index in [1.54, 1.807) is 7.05 Å². The van der Waals surface area contributed by atoms with Crippen LogP contribution in [0.5, 0.6) is 5.88 Å². The van der Waals surface area contributed by atoms with Crippen molar-refractivity contribution in [3.05, 3.63) is 28.8 Å². The molecule has 0 aliphatic rings. The van der Waals surface area contributed by atoms with Gasteiger partial charge >= 0.3 is 5.97 Å². The summed E-state index contributed by atoms with van der Waals surface area (Å²) >= 11 is 0. The first-order valence-corrected chi connectivity index (χ1v) is 8.44. The number of nitrogens with zero attached hydrogens (tertiary/aromatic N) is 3. The summed E-state index contributed by atoms with van der Waals surface area (Å²) in [4.78, 5) is 23.1. The number of amides is 1. The van der Waals surface area contributed by atoms with E-state index in [0.717, 1.165) is 30.5 Å². The van der Waals surface area contributed by atoms with Crippen LogP contribution in [0.1, 0.15) is 54.2 Å². The quantitative estimate of drug-likeness (QED) is 0.671. The molecule has 0 spiro atoms. The highest BCUT2D eigenvalue weighted by Crippen LogP contribution is 2.19. The molecule has 2 rings (SSSR count). The molecule has 1 atom stereocenters. The second-order valence-electron chi connectivity index (χ2n) is 6.00. The van der Waals surface area contributed by atoms with Crippen molar-refractivity contribution in [2.45, 2.75) is 52.7 Å². The van der Waals surface area contributed by atoms with Gasteiger partial charge in [0.05, 0.1) is 11.3 Å². The lowest BCUT2D eigenvalue weighted by atomic mass is 10.1. The van der Waals surface area contributed by atoms with E-state index in [1.807, 2.05) is 6.92 Å². The number of nitrogens with two attached hydrogens (primary N) is 1. The Kier molecular flexibility index (Phi) is 6.37. The fourth-order valence-corrected chi connectivity index (χ4v) is 2.29. The van der Waals surface area contributed by atoms with Crippen LogP contribution in [0.15, 0.2) is 10.6 Å². The van der Waals surface area contributed by atoms with Gasteiger partial charge in [0.2, 0.25) is 5.88 Å². The zero-order chi connectivity index (χ0) is 19.3. The fraction of sp³-hybridized carbons (Fsp3) is 0.529. The Labute approximate surface area is 151 Å². The molecule has 2 aromatic heterocycles. The topological polar surface area (TPSA) is 122 Å². The van der Waals surface area contributed by atoms with Crippen molar-refractivity contribution in [2.75, 3.05) is 0 Å². The maximum Gasteiger partial charge on any atom is 0.357 e. The van der Waals surface area contributed by atoms with Crippen LogP contribution in [0.25, 0.3) is 0 Å². The molecule has 0 fully saturated rings. The van der Waals surface area contributed by atoms with E-state index in [4.69, 9.17) is 19.7 Å². The predicted octanol–water partition coefficient (Wildman–Crippen LogP) is 1.67. The summed E-state index contributed by atoms with van der Waals surface area (Å²) < 4.78 is 17.2. The highest BCUT2D eigenvalue weighted by molar-refractivity contribution is 5.90. The minimum atomic E-state index is -1.03. The van der Waals surface area contributed by atoms with E-state index in [9.17, 15) is 9.59 Å². The number of aryl methyl sites for hydroxylation is 3. The standard InChI is InChI=1S/C17H24N4O5/c1-5-6-7-13-12(10(2)26-20-13)9-24-15-8-14(21(4)19-15)17(23)25-11(3)16(18)22/h8,11H,5-7,9H2,1-4H3,(H2,18,22). The second kappa shape index (κ2) is 8.50. The summed E-state index contributed by atoms with van der Waals surface area (Å²) in [7, 11) is 1.58. The number of ether oxygens (including phenoxy) is 2. The number of esters is 1. The number of primary amides is 1. The summed E-state index contributed by atoms with van der Waals surface area (Å²) in [5.41, 5.74) is 7.00. The van der Waals surface area contributed by atoms with Crippen molar-refractivity contribution in [1.29, 1.82) is 0 Å². The van der Waals surface area contributed by atoms with Gasteiger partial charge in [-0.1, -0.05) is 18.5 Å². The normalized spacial score (nSPS) is 12.0. The average molecular weight is 364 g/mol. The molecule has 142 valence electrons. The summed E-state index contributed by atoms with van der Waals surface area (Å²) in [5, 5.41) is 8.20. The van der Waals surface area contributed by atoms with Crippen LogP contribution in [-0.2, 0) is 29.6 Å². The van der Waals surface area contributed by atoms with Crippen molar-refractivity contribution in [2.24, 2.45) is 12.8 Å². The molecule has 2 N–H and O–H groups in total. The van der Waals surface area contributed by atoms with Crippen LogP contribution < -0.4 is 10.5 Å². The Hall–Kier alpha value is -2.84. The van der Waals surface area contributed by atoms with Gasteiger partial charge in [-0.05, 0) is 26.7 Å². The van der Waals surface area contributed by atoms with Crippen LogP contribution in [0.3, 0.4) is 0 Å². The van der Waals surface area contributed by atoms with Crippen molar-refractivity contribution in [3.8, 4) is 5.88 Å². The lowest BCUT2D eigenvalue weighted by molar-refractivity contribution is -0.125. The molecule has 0 saturated carbocycles. The van der Waals surface area contributed by atoms with Crippen molar-refractivity contribution < 1.29 is 23.6 Å². The molecule has 26 heavy (non-hydrogen) atoms. The van der Waals surface area contributed by atoms with Gasteiger partial charge in [0.15, 0.2) is 6.10 Å². The Morgan fingerprint density at radius 2 is 2.15 bits per heavy atom. The monoisotopic (exact) mass is 364 g/mol. The van der Waals surface area contributed by atoms with E-state index < -0.39 is 18.0 Å². The maximum absolute atomic E-state index is 12.1. The molecule has 0 aliphatic carbocycles. The van der Waals surface area contributed by atoms with Crippen LogP contribution in [0.2, 0.25) is 0 Å². The second-order valence-corrected chi connectivity index (χ2v) is 6.00. The lowest BCUT2D eigenvalue weighted by Gasteiger charge is -2.08. The molecule has 9 nitrogen and oxygen atoms in total. The molecular formula is C17H24N4O5. The average Bonchev–Trinajstić information content (AvgIpc) is 3.13. The largest absolute Gasteiger partial charge is 0.472 e. The molecule has 0 radical (unpaired) electrons. The van der Waals surface area contributed by atoms with Crippen molar-refractivity contribution >= 4 is 11.9 Å². The minimum absolute atomic E-state index is 0.154. The highest BCUT2D eigenvalue weighted by Gasteiger charge is 2.21. The first-order chi connectivity index (χ1) is 12.3. The van der Waals surface area contributed by atoms with Gasteiger partial charge in [0.25, 0.3) is 5.91 Å². The molecule has 1 amide bonds. The summed E-state index contributed by atoms with van der Waals surface area (Å²) in [6, 6.07) is 1.45. The van der Waals surface area contributed by atoms with E-state index in [-0.39, 0.29) is 18.2 Å². The van der Waals surface area contributed by atoms with Gasteiger partial charge in [0, 0.05) is 13.1 Å². The molecule has 0 aromatic carbocycles. The molecule has 2 aromatic rings. The Bertz CT molecular complexity index is 780. The SMILES string of the molecule is CCCCc1noc(C)c1COc1cc(C(=O)OC(C)C(N)=O)n(C)n1. The van der Waals surface area contributed by atoms with E-state index in [0.29, 0.717) is 5.76 Å². The maximum atomic E-state index is 12.1. The fourth-order valence-electron chi connectivity index (χ4n) is 2.29. The Balaban J connectivity index is 2.05. The Morgan fingerprint density at radius 1 is 1.42 bits per heavy atom. The van der Waals surface area contributed by atoms with E-state index in [2.05, 4.69) is 17.2 Å². The first-order valence-electron chi connectivity index (χ1n) is 8.44. The smallest absolute Gasteiger partial charge is 0.357 e. The number of unbranched alkanes of at least 4 members (excludes halogenated alkanes) is 1. The zero-order valence-electron chi connectivity index (χ0n) is 15.4. The summed E-state index contributed by atoms with van der Waals surface area (Å²) in [5.74, 6) is -0.472. The van der Waals surface area contributed by atoms with E-state index in [1.165, 1.54) is 17.7 Å². The van der Waals surface area contributed by atoms with Crippen molar-refractivity contribution in [1.82, 2.24) is 14.9 Å². The molecule has 2 heterocycles. The summed E-state index contributed by atoms with van der Waals surface area (Å²) in [6.07, 6.45) is 1.86. The first kappa shape index (κ1) is 19.5. The third kappa shape index (κ3) is 4.62. The predicted molar refractivity (Wildman–Crippen MR) is 91.5 cm³/mol. The van der Waals surface area contributed by atoms with Gasteiger partial charge < -0.3 is 19.7 Å². The van der Waals surface area contributed by atoms with Crippen molar-refractivity contribution in [3.63, 3.8) is 0 Å². The third-order valence-corrected chi connectivity index (χ3v) is 3.95. The van der Waals surface area contributed by atoms with Crippen LogP contribution in [-0.4, -0.2) is 32.9 Å². The lowest BCUT2D eigenvalue weighted by Crippen LogP contribution is -2.31. The highest BCUT2D eigenvalue weighted by atomic mass is 16.5. The molecule has 1 unspecified atom stereocenters. The van der Waals surface area contributed by atoms with Gasteiger partial charge in [0.1, 0.15) is 18.1 Å². The number of carbonyl (C=O) groups excluding carboxylic acids is 2. The number of rotatable bonds is 9. The van der Waals surface area contributed by atoms with Crippen LogP contribution in [0.4, 0.5) is 0 Å². The molecule has 9 heteroatoms. The van der Waals surface area contributed by atoms with Gasteiger partial charge in [-0.3, -0.25) is 9.48 Å². The van der Waals surface area contributed by atoms with Gasteiger partial charge in [-0.25, -0.2) is 4.79 Å². The minimum Gasteiger partial charge on any atom is -0.472 e. The number of carbonyl (C=O) groups is 2. The third-order valence-electron chi connectivity index (χ3n) is 3.95. The molecule has 0 saturated heterocycles. The molecular weight excluding hydrogens is 340 g/mol. The molecule has 0 bridgehead atoms. The Morgan fingerprint density at radius 3 is 2.81 bits per heavy atom. The van der Waals surface area contributed by atoms with Gasteiger partial charge in [-0.2, -0.15) is 0 Å². The molecule has 0 aliphatic heterocycles. The zero-order valence-corrected chi connectivity index (χ0v) is 15.4. The van der Waals surface area contributed by atoms with E-state index >= 15 is 0 Å². The van der Waals surface area contributed by atoms with Crippen LogP contribution in [0, 0.1) is 6.92 Å².